The molecule has 0 saturated carbocycles. The van der Waals surface area contributed by atoms with Crippen LogP contribution in [0, 0.1) is 6.92 Å². The van der Waals surface area contributed by atoms with E-state index in [-0.39, 0.29) is 18.7 Å². The van der Waals surface area contributed by atoms with E-state index in [1.54, 1.807) is 61.7 Å². The molecule has 0 saturated heterocycles. The Labute approximate surface area is 197 Å². The van der Waals surface area contributed by atoms with Crippen molar-refractivity contribution >= 4 is 29.2 Å². The van der Waals surface area contributed by atoms with Crippen molar-refractivity contribution in [3.05, 3.63) is 78.4 Å². The molecule has 0 aliphatic rings. The molecule has 0 atom stereocenters. The first-order chi connectivity index (χ1) is 16.4. The van der Waals surface area contributed by atoms with Crippen molar-refractivity contribution < 1.29 is 28.6 Å². The maximum Gasteiger partial charge on any atom is 0.306 e. The van der Waals surface area contributed by atoms with Gasteiger partial charge < -0.3 is 24.8 Å². The number of esters is 1. The minimum atomic E-state index is -0.627. The zero-order chi connectivity index (χ0) is 24.3. The van der Waals surface area contributed by atoms with Gasteiger partial charge in [-0.3, -0.25) is 14.4 Å². The minimum absolute atomic E-state index is 0.0670. The number of hydrogen-bond donors (Lipinski definition) is 2. The van der Waals surface area contributed by atoms with E-state index in [1.807, 2.05) is 25.1 Å². The summed E-state index contributed by atoms with van der Waals surface area (Å²) in [5.41, 5.74) is 2.19. The van der Waals surface area contributed by atoms with Crippen molar-refractivity contribution in [3.63, 3.8) is 0 Å². The van der Waals surface area contributed by atoms with Gasteiger partial charge in [0, 0.05) is 17.8 Å². The molecule has 2 N–H and O–H groups in total. The smallest absolute Gasteiger partial charge is 0.306 e. The standard InChI is InChI=1S/C26H26N2O6/c1-18-4-3-5-20(16-18)28-25(30)17-33-26(31)15-14-24(29)27-19-6-8-22(9-7-19)34-23-12-10-21(32-2)11-13-23/h3-13,16H,14-15,17H2,1-2H3,(H,27,29)(H,28,30). The first kappa shape index (κ1) is 24.3. The van der Waals surface area contributed by atoms with Crippen LogP contribution in [0.25, 0.3) is 0 Å². The second-order valence-electron chi connectivity index (χ2n) is 7.43. The number of anilines is 2. The third-order valence-corrected chi connectivity index (χ3v) is 4.66. The minimum Gasteiger partial charge on any atom is -0.497 e. The number of methoxy groups -OCH3 is 1. The number of ether oxygens (including phenoxy) is 3. The second-order valence-corrected chi connectivity index (χ2v) is 7.43. The van der Waals surface area contributed by atoms with E-state index in [9.17, 15) is 14.4 Å². The van der Waals surface area contributed by atoms with Crippen LogP contribution in [0.1, 0.15) is 18.4 Å². The molecule has 0 bridgehead atoms. The van der Waals surface area contributed by atoms with Gasteiger partial charge in [-0.05, 0) is 73.2 Å². The fourth-order valence-corrected chi connectivity index (χ4v) is 2.96. The molecule has 176 valence electrons. The largest absolute Gasteiger partial charge is 0.497 e. The van der Waals surface area contributed by atoms with Crippen molar-refractivity contribution in [2.24, 2.45) is 0 Å². The van der Waals surface area contributed by atoms with Crippen LogP contribution in [-0.2, 0) is 19.1 Å². The van der Waals surface area contributed by atoms with Gasteiger partial charge in [0.05, 0.1) is 13.5 Å². The lowest BCUT2D eigenvalue weighted by atomic mass is 10.2. The van der Waals surface area contributed by atoms with E-state index in [0.29, 0.717) is 22.9 Å². The van der Waals surface area contributed by atoms with Crippen LogP contribution < -0.4 is 20.1 Å². The molecule has 0 spiro atoms. The van der Waals surface area contributed by atoms with Gasteiger partial charge in [0.2, 0.25) is 5.91 Å². The molecule has 3 rings (SSSR count). The maximum atomic E-state index is 12.1. The summed E-state index contributed by atoms with van der Waals surface area (Å²) in [4.78, 5) is 35.9. The van der Waals surface area contributed by atoms with Crippen LogP contribution in [0.5, 0.6) is 17.2 Å². The number of benzene rings is 3. The van der Waals surface area contributed by atoms with E-state index in [2.05, 4.69) is 10.6 Å². The Morgan fingerprint density at radius 2 is 1.35 bits per heavy atom. The summed E-state index contributed by atoms with van der Waals surface area (Å²) in [7, 11) is 1.60. The summed E-state index contributed by atoms with van der Waals surface area (Å²) in [6.07, 6.45) is -0.204. The van der Waals surface area contributed by atoms with Crippen molar-refractivity contribution in [1.82, 2.24) is 0 Å². The highest BCUT2D eigenvalue weighted by Crippen LogP contribution is 2.25. The third-order valence-electron chi connectivity index (χ3n) is 4.66. The number of amides is 2. The van der Waals surface area contributed by atoms with Gasteiger partial charge in [0.1, 0.15) is 17.2 Å². The summed E-state index contributed by atoms with van der Waals surface area (Å²) in [6, 6.07) is 21.3. The van der Waals surface area contributed by atoms with Gasteiger partial charge >= 0.3 is 5.97 Å². The zero-order valence-electron chi connectivity index (χ0n) is 19.0. The Balaban J connectivity index is 1.36. The predicted octanol–water partition coefficient (Wildman–Crippen LogP) is 4.70. The molecule has 3 aromatic rings. The van der Waals surface area contributed by atoms with Crippen LogP contribution in [-0.4, -0.2) is 31.5 Å². The molecule has 0 aromatic heterocycles. The van der Waals surface area contributed by atoms with Gasteiger partial charge in [-0.15, -0.1) is 0 Å². The van der Waals surface area contributed by atoms with Crippen LogP contribution in [0.2, 0.25) is 0 Å². The molecule has 3 aromatic carbocycles. The maximum absolute atomic E-state index is 12.1. The molecule has 8 heteroatoms. The summed E-state index contributed by atoms with van der Waals surface area (Å²) >= 11 is 0. The molecule has 0 fully saturated rings. The Hall–Kier alpha value is -4.33. The van der Waals surface area contributed by atoms with E-state index in [4.69, 9.17) is 14.2 Å². The quantitative estimate of drug-likeness (QED) is 0.424. The average Bonchev–Trinajstić information content (AvgIpc) is 2.83. The first-order valence-corrected chi connectivity index (χ1v) is 10.7. The number of rotatable bonds is 10. The van der Waals surface area contributed by atoms with Gasteiger partial charge in [0.15, 0.2) is 6.61 Å². The number of carbonyl (C=O) groups excluding carboxylic acids is 3. The van der Waals surface area contributed by atoms with Crippen molar-refractivity contribution in [2.45, 2.75) is 19.8 Å². The second kappa shape index (κ2) is 12.1. The molecular weight excluding hydrogens is 436 g/mol. The normalized spacial score (nSPS) is 10.2. The highest BCUT2D eigenvalue weighted by molar-refractivity contribution is 5.94. The van der Waals surface area contributed by atoms with E-state index in [1.165, 1.54) is 0 Å². The fraction of sp³-hybridized carbons (Fsp3) is 0.192. The average molecular weight is 463 g/mol. The molecule has 0 aliphatic heterocycles. The molecule has 0 unspecified atom stereocenters. The van der Waals surface area contributed by atoms with E-state index in [0.717, 1.165) is 11.3 Å². The van der Waals surface area contributed by atoms with Gasteiger partial charge in [-0.2, -0.15) is 0 Å². The first-order valence-electron chi connectivity index (χ1n) is 10.7. The molecule has 0 aliphatic carbocycles. The van der Waals surface area contributed by atoms with Gasteiger partial charge in [0.25, 0.3) is 5.91 Å². The highest BCUT2D eigenvalue weighted by Gasteiger charge is 2.11. The zero-order valence-corrected chi connectivity index (χ0v) is 19.0. The fourth-order valence-electron chi connectivity index (χ4n) is 2.96. The Kier molecular flexibility index (Phi) is 8.62. The van der Waals surface area contributed by atoms with Crippen molar-refractivity contribution in [3.8, 4) is 17.2 Å². The number of hydrogen-bond acceptors (Lipinski definition) is 6. The molecule has 0 heterocycles. The lowest BCUT2D eigenvalue weighted by molar-refractivity contribution is -0.147. The SMILES string of the molecule is COc1ccc(Oc2ccc(NC(=O)CCC(=O)OCC(=O)Nc3cccc(C)c3)cc2)cc1. The monoisotopic (exact) mass is 462 g/mol. The molecule has 34 heavy (non-hydrogen) atoms. The predicted molar refractivity (Wildman–Crippen MR) is 128 cm³/mol. The van der Waals surface area contributed by atoms with Crippen LogP contribution >= 0.6 is 0 Å². The Morgan fingerprint density at radius 3 is 2.00 bits per heavy atom. The molecule has 0 radical (unpaired) electrons. The summed E-state index contributed by atoms with van der Waals surface area (Å²) in [6.45, 7) is 1.50. The lowest BCUT2D eigenvalue weighted by Crippen LogP contribution is -2.21. The topological polar surface area (TPSA) is 103 Å². The summed E-state index contributed by atoms with van der Waals surface area (Å²) in [5, 5.41) is 5.36. The Bertz CT molecular complexity index is 1130. The third kappa shape index (κ3) is 7.98. The lowest BCUT2D eigenvalue weighted by Gasteiger charge is -2.09. The van der Waals surface area contributed by atoms with Gasteiger partial charge in [-0.25, -0.2) is 0 Å². The van der Waals surface area contributed by atoms with Crippen molar-refractivity contribution in [2.75, 3.05) is 24.4 Å². The van der Waals surface area contributed by atoms with Crippen LogP contribution in [0.15, 0.2) is 72.8 Å². The number of nitrogens with one attached hydrogen (secondary N) is 2. The number of carbonyl (C=O) groups is 3. The van der Waals surface area contributed by atoms with Crippen LogP contribution in [0.3, 0.4) is 0 Å². The summed E-state index contributed by atoms with van der Waals surface area (Å²) < 4.78 is 15.8. The Morgan fingerprint density at radius 1 is 0.735 bits per heavy atom. The van der Waals surface area contributed by atoms with Gasteiger partial charge in [-0.1, -0.05) is 12.1 Å². The van der Waals surface area contributed by atoms with E-state index >= 15 is 0 Å². The van der Waals surface area contributed by atoms with Crippen molar-refractivity contribution in [1.29, 1.82) is 0 Å². The molecule has 2 amide bonds. The number of aryl methyl sites for hydroxylation is 1. The van der Waals surface area contributed by atoms with E-state index < -0.39 is 18.5 Å². The van der Waals surface area contributed by atoms with Crippen LogP contribution in [0.4, 0.5) is 11.4 Å². The highest BCUT2D eigenvalue weighted by atomic mass is 16.5. The summed E-state index contributed by atoms with van der Waals surface area (Å²) in [5.74, 6) is 0.585. The molecular formula is C26H26N2O6. The molecule has 8 nitrogen and oxygen atoms in total.